The summed E-state index contributed by atoms with van der Waals surface area (Å²) in [7, 11) is -1.47. The summed E-state index contributed by atoms with van der Waals surface area (Å²) in [4.78, 5) is 13.6. The molecule has 2 aromatic rings. The SMILES string of the molecule is CN(c1ncnc2[nH]ccc12)[C@H]1C[C@@H](CS(=O)(=O)CCC(F)F)C1. The van der Waals surface area contributed by atoms with Crippen molar-refractivity contribution < 1.29 is 17.2 Å². The molecule has 24 heavy (non-hydrogen) atoms. The van der Waals surface area contributed by atoms with Gasteiger partial charge in [-0.3, -0.25) is 0 Å². The number of hydrogen-bond donors (Lipinski definition) is 1. The molecule has 0 aliphatic heterocycles. The Labute approximate surface area is 139 Å². The van der Waals surface area contributed by atoms with Crippen LogP contribution in [0.15, 0.2) is 18.6 Å². The van der Waals surface area contributed by atoms with E-state index >= 15 is 0 Å². The summed E-state index contributed by atoms with van der Waals surface area (Å²) in [5, 5.41) is 0.924. The highest BCUT2D eigenvalue weighted by Gasteiger charge is 2.36. The van der Waals surface area contributed by atoms with E-state index in [-0.39, 0.29) is 17.7 Å². The largest absolute Gasteiger partial charge is 0.356 e. The lowest BCUT2D eigenvalue weighted by molar-refractivity contribution is 0.144. The Balaban J connectivity index is 1.57. The highest BCUT2D eigenvalue weighted by molar-refractivity contribution is 7.91. The molecule has 0 amide bonds. The number of nitrogens with zero attached hydrogens (tertiary/aromatic N) is 3. The molecule has 6 nitrogen and oxygen atoms in total. The first-order chi connectivity index (χ1) is 11.4. The fourth-order valence-electron chi connectivity index (χ4n) is 3.18. The minimum absolute atomic E-state index is 0.00655. The van der Waals surface area contributed by atoms with E-state index in [2.05, 4.69) is 15.0 Å². The molecule has 0 atom stereocenters. The van der Waals surface area contributed by atoms with Crippen LogP contribution in [0.5, 0.6) is 0 Å². The Hall–Kier alpha value is -1.77. The van der Waals surface area contributed by atoms with E-state index in [0.717, 1.165) is 29.7 Å². The van der Waals surface area contributed by atoms with E-state index < -0.39 is 28.4 Å². The maximum absolute atomic E-state index is 12.2. The zero-order chi connectivity index (χ0) is 17.3. The van der Waals surface area contributed by atoms with Crippen molar-refractivity contribution in [2.45, 2.75) is 31.7 Å². The Morgan fingerprint density at radius 2 is 2.12 bits per heavy atom. The van der Waals surface area contributed by atoms with E-state index in [1.165, 1.54) is 6.33 Å². The fraction of sp³-hybridized carbons (Fsp3) is 0.600. The normalized spacial score (nSPS) is 21.2. The van der Waals surface area contributed by atoms with Gasteiger partial charge < -0.3 is 9.88 Å². The van der Waals surface area contributed by atoms with Crippen LogP contribution in [0.2, 0.25) is 0 Å². The number of aromatic nitrogens is 3. The van der Waals surface area contributed by atoms with Crippen molar-refractivity contribution >= 4 is 26.7 Å². The first-order valence-corrected chi connectivity index (χ1v) is 9.67. The number of nitrogens with one attached hydrogen (secondary N) is 1. The predicted octanol–water partition coefficient (Wildman–Crippen LogP) is 2.24. The molecule has 3 rings (SSSR count). The Morgan fingerprint density at radius 1 is 1.38 bits per heavy atom. The van der Waals surface area contributed by atoms with Crippen LogP contribution in [0.1, 0.15) is 19.3 Å². The average Bonchev–Trinajstić information content (AvgIpc) is 2.96. The summed E-state index contributed by atoms with van der Waals surface area (Å²) in [6, 6.07) is 2.11. The van der Waals surface area contributed by atoms with Gasteiger partial charge in [-0.2, -0.15) is 0 Å². The number of anilines is 1. The van der Waals surface area contributed by atoms with E-state index in [4.69, 9.17) is 0 Å². The van der Waals surface area contributed by atoms with Crippen LogP contribution in [-0.4, -0.2) is 54.4 Å². The Morgan fingerprint density at radius 3 is 2.83 bits per heavy atom. The molecule has 0 bridgehead atoms. The topological polar surface area (TPSA) is 79.0 Å². The molecule has 1 aliphatic rings. The number of alkyl halides is 2. The molecular weight excluding hydrogens is 338 g/mol. The Bertz CT molecular complexity index is 803. The lowest BCUT2D eigenvalue weighted by Crippen LogP contribution is -2.45. The third-order valence-corrected chi connectivity index (χ3v) is 6.40. The van der Waals surface area contributed by atoms with Gasteiger partial charge in [0.05, 0.1) is 16.9 Å². The lowest BCUT2D eigenvalue weighted by atomic mass is 9.81. The molecule has 0 unspecified atom stereocenters. The van der Waals surface area contributed by atoms with Crippen molar-refractivity contribution in [2.75, 3.05) is 23.5 Å². The van der Waals surface area contributed by atoms with Crippen molar-refractivity contribution in [1.29, 1.82) is 0 Å². The van der Waals surface area contributed by atoms with Gasteiger partial charge >= 0.3 is 0 Å². The quantitative estimate of drug-likeness (QED) is 0.821. The molecule has 1 aliphatic carbocycles. The maximum atomic E-state index is 12.2. The molecule has 0 aromatic carbocycles. The Kier molecular flexibility index (Phi) is 4.71. The summed E-state index contributed by atoms with van der Waals surface area (Å²) in [5.41, 5.74) is 0.761. The number of rotatable bonds is 7. The lowest BCUT2D eigenvalue weighted by Gasteiger charge is -2.41. The van der Waals surface area contributed by atoms with Crippen LogP contribution in [0, 0.1) is 5.92 Å². The second-order valence-corrected chi connectivity index (χ2v) is 8.56. The van der Waals surface area contributed by atoms with E-state index in [1.807, 2.05) is 18.0 Å². The minimum Gasteiger partial charge on any atom is -0.356 e. The first kappa shape index (κ1) is 17.1. The van der Waals surface area contributed by atoms with Gasteiger partial charge in [0.1, 0.15) is 17.8 Å². The summed E-state index contributed by atoms with van der Waals surface area (Å²) in [6.07, 6.45) is 1.60. The molecule has 1 saturated carbocycles. The standard InChI is InChI=1S/C15H20F2N4O2S/c1-21(15-12-2-4-18-14(12)19-9-20-15)11-6-10(7-11)8-24(22,23)5-3-13(16)17/h2,4,9-11,13H,3,5-8H2,1H3,(H,18,19,20)/t10-,11+. The highest BCUT2D eigenvalue weighted by atomic mass is 32.2. The monoisotopic (exact) mass is 358 g/mol. The molecule has 0 saturated heterocycles. The number of hydrogen-bond acceptors (Lipinski definition) is 5. The van der Waals surface area contributed by atoms with Crippen LogP contribution >= 0.6 is 0 Å². The van der Waals surface area contributed by atoms with Crippen molar-refractivity contribution in [3.63, 3.8) is 0 Å². The third-order valence-electron chi connectivity index (χ3n) is 4.56. The van der Waals surface area contributed by atoms with Crippen molar-refractivity contribution in [2.24, 2.45) is 5.92 Å². The molecular formula is C15H20F2N4O2S. The van der Waals surface area contributed by atoms with Gasteiger partial charge in [-0.1, -0.05) is 0 Å². The number of H-pyrrole nitrogens is 1. The highest BCUT2D eigenvalue weighted by Crippen LogP contribution is 2.35. The average molecular weight is 358 g/mol. The number of sulfone groups is 1. The van der Waals surface area contributed by atoms with Crippen LogP contribution in [0.25, 0.3) is 11.0 Å². The molecule has 1 N–H and O–H groups in total. The van der Waals surface area contributed by atoms with Crippen LogP contribution in [-0.2, 0) is 9.84 Å². The molecule has 0 spiro atoms. The number of aromatic amines is 1. The van der Waals surface area contributed by atoms with Gasteiger partial charge in [-0.15, -0.1) is 0 Å². The summed E-state index contributed by atoms with van der Waals surface area (Å²) in [6.45, 7) is 0. The minimum atomic E-state index is -3.41. The van der Waals surface area contributed by atoms with Crippen molar-refractivity contribution in [3.05, 3.63) is 18.6 Å². The van der Waals surface area contributed by atoms with Gasteiger partial charge in [0.2, 0.25) is 6.43 Å². The second kappa shape index (κ2) is 6.62. The van der Waals surface area contributed by atoms with Gasteiger partial charge in [0.25, 0.3) is 0 Å². The van der Waals surface area contributed by atoms with Gasteiger partial charge in [0, 0.05) is 25.7 Å². The van der Waals surface area contributed by atoms with Gasteiger partial charge in [-0.25, -0.2) is 27.2 Å². The zero-order valence-corrected chi connectivity index (χ0v) is 14.1. The molecule has 9 heteroatoms. The number of halogens is 2. The zero-order valence-electron chi connectivity index (χ0n) is 13.3. The smallest absolute Gasteiger partial charge is 0.239 e. The molecule has 1 fully saturated rings. The predicted molar refractivity (Wildman–Crippen MR) is 88.1 cm³/mol. The summed E-state index contributed by atoms with van der Waals surface area (Å²) >= 11 is 0. The number of fused-ring (bicyclic) bond motifs is 1. The molecule has 132 valence electrons. The fourth-order valence-corrected chi connectivity index (χ4v) is 4.87. The van der Waals surface area contributed by atoms with E-state index in [9.17, 15) is 17.2 Å². The maximum Gasteiger partial charge on any atom is 0.239 e. The second-order valence-electron chi connectivity index (χ2n) is 6.33. The molecule has 0 radical (unpaired) electrons. The van der Waals surface area contributed by atoms with E-state index in [1.54, 1.807) is 6.20 Å². The van der Waals surface area contributed by atoms with Gasteiger partial charge in [0.15, 0.2) is 9.84 Å². The summed E-state index contributed by atoms with van der Waals surface area (Å²) < 4.78 is 48.0. The van der Waals surface area contributed by atoms with Crippen molar-refractivity contribution in [1.82, 2.24) is 15.0 Å². The van der Waals surface area contributed by atoms with Crippen LogP contribution in [0.3, 0.4) is 0 Å². The van der Waals surface area contributed by atoms with Crippen molar-refractivity contribution in [3.8, 4) is 0 Å². The third kappa shape index (κ3) is 3.66. The molecule has 2 aromatic heterocycles. The molecule has 2 heterocycles. The van der Waals surface area contributed by atoms with E-state index in [0.29, 0.717) is 0 Å². The van der Waals surface area contributed by atoms with Crippen LogP contribution < -0.4 is 4.90 Å². The summed E-state index contributed by atoms with van der Waals surface area (Å²) in [5.74, 6) is 0.402. The first-order valence-electron chi connectivity index (χ1n) is 7.85. The van der Waals surface area contributed by atoms with Crippen LogP contribution in [0.4, 0.5) is 14.6 Å². The van der Waals surface area contributed by atoms with Gasteiger partial charge in [-0.05, 0) is 24.8 Å².